The molecule has 6 nitrogen and oxygen atoms in total. The Bertz CT molecular complexity index is 206. The molecule has 19 heavy (non-hydrogen) atoms. The Morgan fingerprint density at radius 3 is 0.579 bits per heavy atom. The molecule has 0 aromatic rings. The van der Waals surface area contributed by atoms with Crippen LogP contribution in [0.3, 0.4) is 0 Å². The van der Waals surface area contributed by atoms with Crippen LogP contribution in [0.4, 0.5) is 0 Å². The van der Waals surface area contributed by atoms with Gasteiger partial charge in [0.1, 0.15) is 0 Å². The van der Waals surface area contributed by atoms with Crippen molar-refractivity contribution in [2.75, 3.05) is 0 Å². The van der Waals surface area contributed by atoms with E-state index in [1.807, 2.05) is 0 Å². The van der Waals surface area contributed by atoms with E-state index in [9.17, 15) is 0 Å². The van der Waals surface area contributed by atoms with Crippen LogP contribution in [0.1, 0.15) is 41.5 Å². The molecule has 11 heteroatoms. The van der Waals surface area contributed by atoms with E-state index in [0.717, 1.165) is 11.8 Å². The summed E-state index contributed by atoms with van der Waals surface area (Å²) < 4.78 is 0. The first-order chi connectivity index (χ1) is 7.46. The Kier molecular flexibility index (Phi) is 30.9. The van der Waals surface area contributed by atoms with Gasteiger partial charge in [-0.1, -0.05) is 41.5 Å². The van der Waals surface area contributed by atoms with E-state index in [4.69, 9.17) is 29.4 Å². The van der Waals surface area contributed by atoms with Gasteiger partial charge in [-0.15, -0.1) is 0 Å². The summed E-state index contributed by atoms with van der Waals surface area (Å²) in [5.74, 6) is 1.67. The molecule has 0 aliphatic heterocycles. The van der Waals surface area contributed by atoms with E-state index in [0.29, 0.717) is 0 Å². The SMILES string of the molecule is CC(C)C.CC(C)C.OP(O)(O)=S.OP(O)(O)=S.[Sb]. The van der Waals surface area contributed by atoms with Crippen LogP contribution in [-0.2, 0) is 23.6 Å². The Morgan fingerprint density at radius 2 is 0.579 bits per heavy atom. The molecule has 0 spiro atoms. The summed E-state index contributed by atoms with van der Waals surface area (Å²) >= 11 is 7.21. The van der Waals surface area contributed by atoms with Crippen LogP contribution in [0.5, 0.6) is 0 Å². The molecule has 0 fully saturated rings. The summed E-state index contributed by atoms with van der Waals surface area (Å²) in [7, 11) is 0. The first-order valence-electron chi connectivity index (χ1n) is 5.03. The van der Waals surface area contributed by atoms with Crippen molar-refractivity contribution in [3.8, 4) is 0 Å². The van der Waals surface area contributed by atoms with Gasteiger partial charge in [0.25, 0.3) is 0 Å². The third kappa shape index (κ3) is 1800. The summed E-state index contributed by atoms with van der Waals surface area (Å²) in [6.07, 6.45) is 0. The van der Waals surface area contributed by atoms with Crippen molar-refractivity contribution in [3.63, 3.8) is 0 Å². The molecule has 0 aliphatic carbocycles. The van der Waals surface area contributed by atoms with E-state index >= 15 is 0 Å². The second-order valence-corrected chi connectivity index (χ2v) is 9.48. The average molecular weight is 466 g/mol. The molecule has 0 rings (SSSR count). The quantitative estimate of drug-likeness (QED) is 0.234. The molecule has 0 aromatic carbocycles. The van der Waals surface area contributed by atoms with Gasteiger partial charge < -0.3 is 29.4 Å². The van der Waals surface area contributed by atoms with E-state index in [1.54, 1.807) is 0 Å². The van der Waals surface area contributed by atoms with Crippen LogP contribution in [0.25, 0.3) is 0 Å². The normalized spacial score (nSPS) is 10.0. The number of hydrogen-bond acceptors (Lipinski definition) is 2. The standard InChI is InChI=1S/2C4H10.2H3O3PS.Sb/c2*1-4(2)3;2*1-4(2,3)5;/h2*4H,1-3H3;2*(H3,1,2,3,5);. The fraction of sp³-hybridized carbons (Fsp3) is 1.00. The molecule has 0 aliphatic rings. The van der Waals surface area contributed by atoms with Gasteiger partial charge in [0.05, 0.1) is 0 Å². The van der Waals surface area contributed by atoms with E-state index < -0.39 is 13.4 Å². The third-order valence-corrected chi connectivity index (χ3v) is 0. The minimum atomic E-state index is -3.81. The fourth-order valence-corrected chi connectivity index (χ4v) is 0. The Balaban J connectivity index is -0.0000000453. The molecule has 3 radical (unpaired) electrons. The molecular formula is C8H26O6P2S2Sb. The van der Waals surface area contributed by atoms with Gasteiger partial charge in [-0.25, -0.2) is 0 Å². The summed E-state index contributed by atoms with van der Waals surface area (Å²) in [5.41, 5.74) is 0. The van der Waals surface area contributed by atoms with Crippen LogP contribution in [0, 0.1) is 11.8 Å². The molecule has 0 heterocycles. The van der Waals surface area contributed by atoms with Crippen molar-refractivity contribution in [2.45, 2.75) is 41.5 Å². The van der Waals surface area contributed by atoms with E-state index in [1.165, 1.54) is 0 Å². The van der Waals surface area contributed by atoms with Crippen LogP contribution in [0.2, 0.25) is 0 Å². The van der Waals surface area contributed by atoms with Gasteiger partial charge in [-0.2, -0.15) is 0 Å². The molecule has 0 amide bonds. The molecule has 0 saturated heterocycles. The van der Waals surface area contributed by atoms with Gasteiger partial charge in [0.15, 0.2) is 0 Å². The average Bonchev–Trinajstić information content (AvgIpc) is 1.70. The number of rotatable bonds is 0. The minimum Gasteiger partial charge on any atom is -0.325 e. The molecule has 0 bridgehead atoms. The van der Waals surface area contributed by atoms with Crippen LogP contribution < -0.4 is 0 Å². The zero-order chi connectivity index (χ0) is 16.2. The van der Waals surface area contributed by atoms with Crippen molar-refractivity contribution in [2.24, 2.45) is 11.8 Å². The predicted molar refractivity (Wildman–Crippen MR) is 88.7 cm³/mol. The van der Waals surface area contributed by atoms with E-state index in [2.05, 4.69) is 65.2 Å². The summed E-state index contributed by atoms with van der Waals surface area (Å²) in [6, 6.07) is 0. The zero-order valence-electron chi connectivity index (χ0n) is 12.0. The topological polar surface area (TPSA) is 121 Å². The number of hydrogen-bond donors (Lipinski definition) is 6. The Labute approximate surface area is 143 Å². The van der Waals surface area contributed by atoms with Gasteiger partial charge >= 0.3 is 13.4 Å². The molecule has 0 atom stereocenters. The summed E-state index contributed by atoms with van der Waals surface area (Å²) in [6.45, 7) is 5.39. The van der Waals surface area contributed by atoms with Gasteiger partial charge in [-0.05, 0) is 35.4 Å². The predicted octanol–water partition coefficient (Wildman–Crippen LogP) is 1.32. The van der Waals surface area contributed by atoms with Crippen LogP contribution >= 0.6 is 13.4 Å². The van der Waals surface area contributed by atoms with Crippen molar-refractivity contribution < 1.29 is 29.4 Å². The molecule has 0 aromatic heterocycles. The second kappa shape index (κ2) is 17.9. The van der Waals surface area contributed by atoms with Crippen LogP contribution in [0.15, 0.2) is 0 Å². The first-order valence-corrected chi connectivity index (χ1v) is 10.4. The van der Waals surface area contributed by atoms with Gasteiger partial charge in [-0.3, -0.25) is 0 Å². The maximum atomic E-state index is 7.56. The molecule has 0 saturated carbocycles. The van der Waals surface area contributed by atoms with Crippen LogP contribution in [-0.4, -0.2) is 53.8 Å². The minimum absolute atomic E-state index is 0. The van der Waals surface area contributed by atoms with Gasteiger partial charge in [0, 0.05) is 24.4 Å². The maximum Gasteiger partial charge on any atom is 0.319 e. The molecular weight excluding hydrogens is 440 g/mol. The molecule has 0 unspecified atom stereocenters. The Morgan fingerprint density at radius 1 is 0.579 bits per heavy atom. The van der Waals surface area contributed by atoms with Crippen molar-refractivity contribution in [1.29, 1.82) is 0 Å². The van der Waals surface area contributed by atoms with Crippen molar-refractivity contribution in [3.05, 3.63) is 0 Å². The summed E-state index contributed by atoms with van der Waals surface area (Å²) in [4.78, 5) is 45.3. The first kappa shape index (κ1) is 32.7. The smallest absolute Gasteiger partial charge is 0.319 e. The zero-order valence-corrected chi connectivity index (χ0v) is 18.0. The van der Waals surface area contributed by atoms with Gasteiger partial charge in [0.2, 0.25) is 0 Å². The maximum absolute atomic E-state index is 7.56. The molecule has 6 N–H and O–H groups in total. The summed E-state index contributed by atoms with van der Waals surface area (Å²) in [5, 5.41) is 0. The van der Waals surface area contributed by atoms with E-state index in [-0.39, 0.29) is 24.4 Å². The molecule has 121 valence electrons. The van der Waals surface area contributed by atoms with Crippen molar-refractivity contribution >= 4 is 61.5 Å². The monoisotopic (exact) mass is 465 g/mol. The second-order valence-electron chi connectivity index (χ2n) is 4.49. The third-order valence-electron chi connectivity index (χ3n) is 0. The van der Waals surface area contributed by atoms with Crippen molar-refractivity contribution in [1.82, 2.24) is 0 Å². The fourth-order valence-electron chi connectivity index (χ4n) is 0. The Hall–Kier alpha value is 1.88. The largest absolute Gasteiger partial charge is 0.325 e.